The molecule has 0 spiro atoms. The maximum Gasteiger partial charge on any atom is 0.283 e. The van der Waals surface area contributed by atoms with Gasteiger partial charge in [-0.05, 0) is 41.0 Å². The Bertz CT molecular complexity index is 885. The van der Waals surface area contributed by atoms with Crippen molar-refractivity contribution in [3.63, 3.8) is 0 Å². The van der Waals surface area contributed by atoms with Crippen LogP contribution in [0.1, 0.15) is 37.8 Å². The summed E-state index contributed by atoms with van der Waals surface area (Å²) in [7, 11) is 1.62. The van der Waals surface area contributed by atoms with Gasteiger partial charge in [0.15, 0.2) is 5.17 Å². The van der Waals surface area contributed by atoms with Crippen LogP contribution in [-0.4, -0.2) is 23.9 Å². The molecule has 1 amide bonds. The van der Waals surface area contributed by atoms with Crippen LogP contribution in [0.2, 0.25) is 0 Å². The van der Waals surface area contributed by atoms with E-state index < -0.39 is 0 Å². The Hall–Kier alpha value is -2.53. The highest BCUT2D eigenvalue weighted by Gasteiger charge is 2.31. The van der Waals surface area contributed by atoms with E-state index >= 15 is 0 Å². The minimum atomic E-state index is -0.118. The van der Waals surface area contributed by atoms with Crippen molar-refractivity contribution in [2.24, 2.45) is 4.99 Å². The molecule has 0 aliphatic carbocycles. The van der Waals surface area contributed by atoms with Crippen LogP contribution in [0, 0.1) is 0 Å². The summed E-state index contributed by atoms with van der Waals surface area (Å²) in [6.07, 6.45) is 1.85. The molecule has 0 radical (unpaired) electrons. The van der Waals surface area contributed by atoms with Crippen molar-refractivity contribution in [3.05, 3.63) is 65.4 Å². The van der Waals surface area contributed by atoms with Crippen molar-refractivity contribution >= 4 is 34.6 Å². The van der Waals surface area contributed by atoms with Crippen LogP contribution in [0.4, 0.5) is 5.69 Å². The number of thioether (sulfide) groups is 1. The van der Waals surface area contributed by atoms with Crippen molar-refractivity contribution in [1.29, 1.82) is 0 Å². The zero-order valence-corrected chi connectivity index (χ0v) is 16.9. The molecule has 0 atom stereocenters. The number of aliphatic imine (C=N–C) groups is 1. The van der Waals surface area contributed by atoms with Crippen molar-refractivity contribution in [1.82, 2.24) is 0 Å². The molecule has 0 aromatic heterocycles. The van der Waals surface area contributed by atoms with Gasteiger partial charge in [0.2, 0.25) is 0 Å². The second-order valence-electron chi connectivity index (χ2n) is 6.52. The first-order chi connectivity index (χ1) is 13.0. The SMILES string of the molecule is CCSC1=N/C(=C\c2ccc(C(C)C)cc2)C(=O)N1c1cccc(OC)c1. The first-order valence-electron chi connectivity index (χ1n) is 9.05. The lowest BCUT2D eigenvalue weighted by Gasteiger charge is -2.18. The normalized spacial score (nSPS) is 15.6. The number of benzene rings is 2. The lowest BCUT2D eigenvalue weighted by Crippen LogP contribution is -2.30. The largest absolute Gasteiger partial charge is 0.497 e. The Morgan fingerprint density at radius 2 is 1.93 bits per heavy atom. The average molecular weight is 381 g/mol. The molecule has 5 heteroatoms. The molecule has 140 valence electrons. The molecule has 0 fully saturated rings. The van der Waals surface area contributed by atoms with E-state index in [4.69, 9.17) is 4.74 Å². The predicted molar refractivity (Wildman–Crippen MR) is 115 cm³/mol. The summed E-state index contributed by atoms with van der Waals surface area (Å²) in [5.74, 6) is 1.91. The molecule has 0 unspecified atom stereocenters. The third-order valence-corrected chi connectivity index (χ3v) is 5.14. The van der Waals surface area contributed by atoms with Gasteiger partial charge < -0.3 is 4.74 Å². The molecular formula is C22H24N2O2S. The Morgan fingerprint density at radius 1 is 1.19 bits per heavy atom. The lowest BCUT2D eigenvalue weighted by molar-refractivity contribution is -0.113. The quantitative estimate of drug-likeness (QED) is 0.660. The molecule has 1 heterocycles. The van der Waals surface area contributed by atoms with Gasteiger partial charge in [-0.25, -0.2) is 4.99 Å². The minimum Gasteiger partial charge on any atom is -0.497 e. The molecular weight excluding hydrogens is 356 g/mol. The van der Waals surface area contributed by atoms with Crippen molar-refractivity contribution in [2.75, 3.05) is 17.8 Å². The number of carbonyl (C=O) groups excluding carboxylic acids is 1. The zero-order valence-electron chi connectivity index (χ0n) is 16.1. The van der Waals surface area contributed by atoms with Crippen LogP contribution in [-0.2, 0) is 4.79 Å². The summed E-state index contributed by atoms with van der Waals surface area (Å²) in [5, 5.41) is 0.695. The van der Waals surface area contributed by atoms with Crippen molar-refractivity contribution < 1.29 is 9.53 Å². The van der Waals surface area contributed by atoms with Gasteiger partial charge in [-0.15, -0.1) is 0 Å². The monoisotopic (exact) mass is 380 g/mol. The standard InChI is InChI=1S/C22H24N2O2S/c1-5-27-22-23-20(13-16-9-11-17(12-10-16)15(2)3)21(25)24(22)18-7-6-8-19(14-18)26-4/h6-15H,5H2,1-4H3/b20-13-. The summed E-state index contributed by atoms with van der Waals surface area (Å²) < 4.78 is 5.30. The van der Waals surface area contributed by atoms with Crippen LogP contribution in [0.15, 0.2) is 59.2 Å². The molecule has 3 rings (SSSR count). The summed E-state index contributed by atoms with van der Waals surface area (Å²) in [6, 6.07) is 15.8. The van der Waals surface area contributed by atoms with E-state index in [0.29, 0.717) is 22.5 Å². The molecule has 2 aromatic rings. The number of nitrogens with zero attached hydrogens (tertiary/aromatic N) is 2. The fourth-order valence-electron chi connectivity index (χ4n) is 2.83. The van der Waals surface area contributed by atoms with Gasteiger partial charge in [0.25, 0.3) is 5.91 Å². The van der Waals surface area contributed by atoms with E-state index in [1.165, 1.54) is 5.56 Å². The maximum absolute atomic E-state index is 13.1. The van der Waals surface area contributed by atoms with Crippen LogP contribution in [0.5, 0.6) is 5.75 Å². The molecule has 2 aromatic carbocycles. The molecule has 27 heavy (non-hydrogen) atoms. The van der Waals surface area contributed by atoms with Crippen LogP contribution in [0.25, 0.3) is 6.08 Å². The van der Waals surface area contributed by atoms with Gasteiger partial charge in [-0.1, -0.05) is 62.9 Å². The van der Waals surface area contributed by atoms with Gasteiger partial charge in [-0.3, -0.25) is 9.69 Å². The molecule has 1 aliphatic rings. The van der Waals surface area contributed by atoms with Gasteiger partial charge >= 0.3 is 0 Å². The molecule has 0 saturated carbocycles. The Labute approximate surface area is 164 Å². The van der Waals surface area contributed by atoms with E-state index in [-0.39, 0.29) is 5.91 Å². The number of hydrogen-bond donors (Lipinski definition) is 0. The fourth-order valence-corrected chi connectivity index (χ4v) is 3.57. The van der Waals surface area contributed by atoms with Crippen LogP contribution in [0.3, 0.4) is 0 Å². The number of rotatable bonds is 5. The summed E-state index contributed by atoms with van der Waals surface area (Å²) >= 11 is 1.55. The molecule has 0 bridgehead atoms. The summed E-state index contributed by atoms with van der Waals surface area (Å²) in [4.78, 5) is 19.3. The van der Waals surface area contributed by atoms with Crippen LogP contribution < -0.4 is 9.64 Å². The second-order valence-corrected chi connectivity index (χ2v) is 7.75. The number of anilines is 1. The lowest BCUT2D eigenvalue weighted by atomic mass is 10.0. The van der Waals surface area contributed by atoms with E-state index in [1.54, 1.807) is 23.8 Å². The highest BCUT2D eigenvalue weighted by Crippen LogP contribution is 2.31. The maximum atomic E-state index is 13.1. The zero-order chi connectivity index (χ0) is 19.4. The summed E-state index contributed by atoms with van der Waals surface area (Å²) in [6.45, 7) is 6.38. The van der Waals surface area contributed by atoms with Gasteiger partial charge in [-0.2, -0.15) is 0 Å². The molecule has 0 N–H and O–H groups in total. The first kappa shape index (κ1) is 19.2. The van der Waals surface area contributed by atoms with Crippen molar-refractivity contribution in [3.8, 4) is 5.75 Å². The second kappa shape index (κ2) is 8.44. The van der Waals surface area contributed by atoms with Gasteiger partial charge in [0.05, 0.1) is 12.8 Å². The highest BCUT2D eigenvalue weighted by atomic mass is 32.2. The number of ether oxygens (including phenoxy) is 1. The van der Waals surface area contributed by atoms with E-state index in [2.05, 4.69) is 31.0 Å². The Kier molecular flexibility index (Phi) is 6.01. The number of carbonyl (C=O) groups is 1. The fraction of sp³-hybridized carbons (Fsp3) is 0.273. The van der Waals surface area contributed by atoms with E-state index in [9.17, 15) is 4.79 Å². The van der Waals surface area contributed by atoms with E-state index in [1.807, 2.05) is 49.4 Å². The Morgan fingerprint density at radius 3 is 2.56 bits per heavy atom. The highest BCUT2D eigenvalue weighted by molar-refractivity contribution is 8.14. The number of amides is 1. The van der Waals surface area contributed by atoms with Gasteiger partial charge in [0, 0.05) is 6.07 Å². The summed E-state index contributed by atoms with van der Waals surface area (Å²) in [5.41, 5.74) is 3.46. The average Bonchev–Trinajstić information content (AvgIpc) is 2.97. The third-order valence-electron chi connectivity index (χ3n) is 4.32. The van der Waals surface area contributed by atoms with Crippen LogP contribution >= 0.6 is 11.8 Å². The molecule has 1 aliphatic heterocycles. The Balaban J connectivity index is 1.94. The smallest absolute Gasteiger partial charge is 0.283 e. The third kappa shape index (κ3) is 4.25. The minimum absolute atomic E-state index is 0.118. The number of amidine groups is 1. The predicted octanol–water partition coefficient (Wildman–Crippen LogP) is 5.32. The molecule has 4 nitrogen and oxygen atoms in total. The van der Waals surface area contributed by atoms with Crippen molar-refractivity contribution in [2.45, 2.75) is 26.7 Å². The van der Waals surface area contributed by atoms with Gasteiger partial charge in [0.1, 0.15) is 11.4 Å². The number of methoxy groups -OCH3 is 1. The van der Waals surface area contributed by atoms with E-state index in [0.717, 1.165) is 17.0 Å². The topological polar surface area (TPSA) is 41.9 Å². The number of hydrogen-bond acceptors (Lipinski definition) is 4. The molecule has 0 saturated heterocycles. The first-order valence-corrected chi connectivity index (χ1v) is 10.0.